The lowest BCUT2D eigenvalue weighted by Gasteiger charge is -2.34. The average molecular weight is 274 g/mol. The lowest BCUT2D eigenvalue weighted by molar-refractivity contribution is 0.174. The molecule has 1 saturated carbocycles. The highest BCUT2D eigenvalue weighted by atomic mass is 15.2. The maximum atomic E-state index is 3.52. The molecule has 0 heterocycles. The summed E-state index contributed by atoms with van der Waals surface area (Å²) in [4.78, 5) is 2.63. The minimum atomic E-state index is 0.416. The Kier molecular flexibility index (Phi) is 5.62. The van der Waals surface area contributed by atoms with Gasteiger partial charge in [-0.15, -0.1) is 0 Å². The van der Waals surface area contributed by atoms with Crippen LogP contribution >= 0.6 is 0 Å². The van der Waals surface area contributed by atoms with E-state index in [0.29, 0.717) is 12.1 Å². The number of rotatable bonds is 8. The van der Waals surface area contributed by atoms with Gasteiger partial charge in [-0.1, -0.05) is 38.1 Å². The predicted molar refractivity (Wildman–Crippen MR) is 87.1 cm³/mol. The molecule has 2 nitrogen and oxygen atoms in total. The second-order valence-electron chi connectivity index (χ2n) is 6.13. The van der Waals surface area contributed by atoms with Crippen molar-refractivity contribution in [2.45, 2.75) is 52.1 Å². The monoisotopic (exact) mass is 274 g/mol. The Morgan fingerprint density at radius 2 is 1.85 bits per heavy atom. The zero-order valence-electron chi connectivity index (χ0n) is 13.5. The first kappa shape index (κ1) is 15.5. The molecule has 1 N–H and O–H groups in total. The maximum Gasteiger partial charge on any atom is 0.0473 e. The molecule has 0 radical (unpaired) electrons. The van der Waals surface area contributed by atoms with Crippen LogP contribution in [0.25, 0.3) is 0 Å². The number of benzene rings is 1. The first-order valence-corrected chi connectivity index (χ1v) is 8.19. The summed E-state index contributed by atoms with van der Waals surface area (Å²) in [5, 5.41) is 3.52. The largest absolute Gasteiger partial charge is 0.312 e. The van der Waals surface area contributed by atoms with Crippen molar-refractivity contribution in [3.63, 3.8) is 0 Å². The number of nitrogens with one attached hydrogen (secondary N) is 1. The number of likely N-dealkylation sites (N-methyl/N-ethyl adjacent to an activating group) is 2. The second-order valence-corrected chi connectivity index (χ2v) is 6.13. The van der Waals surface area contributed by atoms with Gasteiger partial charge in [0.25, 0.3) is 0 Å². The zero-order chi connectivity index (χ0) is 14.5. The van der Waals surface area contributed by atoms with Gasteiger partial charge >= 0.3 is 0 Å². The van der Waals surface area contributed by atoms with Crippen LogP contribution in [-0.4, -0.2) is 31.1 Å². The molecule has 112 valence electrons. The quantitative estimate of drug-likeness (QED) is 0.779. The Morgan fingerprint density at radius 1 is 1.20 bits per heavy atom. The van der Waals surface area contributed by atoms with Gasteiger partial charge in [-0.25, -0.2) is 0 Å². The van der Waals surface area contributed by atoms with Crippen molar-refractivity contribution in [1.29, 1.82) is 0 Å². The lowest BCUT2D eigenvalue weighted by Crippen LogP contribution is -2.43. The molecule has 1 fully saturated rings. The Balaban J connectivity index is 2.07. The summed E-state index contributed by atoms with van der Waals surface area (Å²) < 4.78 is 0. The van der Waals surface area contributed by atoms with Crippen molar-refractivity contribution in [3.8, 4) is 0 Å². The van der Waals surface area contributed by atoms with Gasteiger partial charge in [0.1, 0.15) is 0 Å². The van der Waals surface area contributed by atoms with Gasteiger partial charge in [-0.05, 0) is 56.8 Å². The molecule has 1 aliphatic rings. The van der Waals surface area contributed by atoms with Gasteiger partial charge in [-0.3, -0.25) is 4.90 Å². The Bertz CT molecular complexity index is 394. The van der Waals surface area contributed by atoms with Crippen LogP contribution in [0, 0.1) is 5.92 Å². The first-order valence-electron chi connectivity index (χ1n) is 8.19. The summed E-state index contributed by atoms with van der Waals surface area (Å²) in [5.74, 6) is 0.956. The molecule has 1 aromatic rings. The summed E-state index contributed by atoms with van der Waals surface area (Å²) in [7, 11) is 2.08. The Hall–Kier alpha value is -0.860. The van der Waals surface area contributed by atoms with Gasteiger partial charge in [-0.2, -0.15) is 0 Å². The van der Waals surface area contributed by atoms with Crippen LogP contribution in [0.15, 0.2) is 24.3 Å². The Labute approximate surface area is 124 Å². The standard InChI is InChI=1S/C18H30N2/c1-5-15-9-11-17(12-10-15)18(19-4)14(3)20(6-2)13-16-7-8-16/h9-12,14,16,18-19H,5-8,13H2,1-4H3. The fourth-order valence-electron chi connectivity index (χ4n) is 3.07. The summed E-state index contributed by atoms with van der Waals surface area (Å²) in [5.41, 5.74) is 2.83. The number of nitrogens with zero attached hydrogens (tertiary/aromatic N) is 1. The summed E-state index contributed by atoms with van der Waals surface area (Å²) in [6.07, 6.45) is 3.97. The van der Waals surface area contributed by atoms with Crippen molar-refractivity contribution < 1.29 is 0 Å². The lowest BCUT2D eigenvalue weighted by atomic mass is 9.97. The third kappa shape index (κ3) is 3.83. The van der Waals surface area contributed by atoms with Crippen LogP contribution in [-0.2, 0) is 6.42 Å². The summed E-state index contributed by atoms with van der Waals surface area (Å²) >= 11 is 0. The summed E-state index contributed by atoms with van der Waals surface area (Å²) in [6, 6.07) is 10.1. The molecule has 0 amide bonds. The highest BCUT2D eigenvalue weighted by Gasteiger charge is 2.29. The normalized spacial score (nSPS) is 18.2. The fraction of sp³-hybridized carbons (Fsp3) is 0.667. The molecule has 2 atom stereocenters. The van der Waals surface area contributed by atoms with Crippen molar-refractivity contribution in [2.24, 2.45) is 5.92 Å². The average Bonchev–Trinajstić information content (AvgIpc) is 3.30. The number of aryl methyl sites for hydroxylation is 1. The van der Waals surface area contributed by atoms with Gasteiger partial charge in [0, 0.05) is 18.6 Å². The molecule has 0 saturated heterocycles. The minimum Gasteiger partial charge on any atom is -0.312 e. The molecular formula is C18H30N2. The molecule has 20 heavy (non-hydrogen) atoms. The predicted octanol–water partition coefficient (Wildman–Crippen LogP) is 3.63. The van der Waals surface area contributed by atoms with E-state index in [1.807, 2.05) is 0 Å². The highest BCUT2D eigenvalue weighted by molar-refractivity contribution is 5.26. The molecule has 2 heteroatoms. The molecule has 0 aromatic heterocycles. The minimum absolute atomic E-state index is 0.416. The van der Waals surface area contributed by atoms with E-state index in [1.165, 1.54) is 30.5 Å². The van der Waals surface area contributed by atoms with Crippen LogP contribution in [0.2, 0.25) is 0 Å². The molecule has 0 spiro atoms. The van der Waals surface area contributed by atoms with Crippen molar-refractivity contribution >= 4 is 0 Å². The topological polar surface area (TPSA) is 15.3 Å². The van der Waals surface area contributed by atoms with Crippen molar-refractivity contribution in [3.05, 3.63) is 35.4 Å². The van der Waals surface area contributed by atoms with Crippen LogP contribution in [0.5, 0.6) is 0 Å². The van der Waals surface area contributed by atoms with E-state index in [4.69, 9.17) is 0 Å². The molecule has 1 aliphatic carbocycles. The number of hydrogen-bond acceptors (Lipinski definition) is 2. The summed E-state index contributed by atoms with van der Waals surface area (Å²) in [6.45, 7) is 9.26. The van der Waals surface area contributed by atoms with E-state index >= 15 is 0 Å². The molecule has 0 bridgehead atoms. The molecular weight excluding hydrogens is 244 g/mol. The fourth-order valence-corrected chi connectivity index (χ4v) is 3.07. The second kappa shape index (κ2) is 7.24. The molecule has 1 aromatic carbocycles. The molecule has 0 aliphatic heterocycles. The van der Waals surface area contributed by atoms with Gasteiger partial charge in [0.05, 0.1) is 0 Å². The SMILES string of the molecule is CCc1ccc(C(NC)C(C)N(CC)CC2CC2)cc1. The third-order valence-corrected chi connectivity index (χ3v) is 4.71. The van der Waals surface area contributed by atoms with Crippen molar-refractivity contribution in [1.82, 2.24) is 10.2 Å². The van der Waals surface area contributed by atoms with Gasteiger partial charge in [0.2, 0.25) is 0 Å². The maximum absolute atomic E-state index is 3.52. The van der Waals surface area contributed by atoms with E-state index in [2.05, 4.69) is 62.3 Å². The first-order chi connectivity index (χ1) is 9.69. The van der Waals surface area contributed by atoms with Gasteiger partial charge in [0.15, 0.2) is 0 Å². The van der Waals surface area contributed by atoms with Gasteiger partial charge < -0.3 is 5.32 Å². The van der Waals surface area contributed by atoms with E-state index < -0.39 is 0 Å². The van der Waals surface area contributed by atoms with E-state index in [-0.39, 0.29) is 0 Å². The molecule has 2 unspecified atom stereocenters. The van der Waals surface area contributed by atoms with E-state index in [0.717, 1.165) is 18.9 Å². The molecule has 2 rings (SSSR count). The smallest absolute Gasteiger partial charge is 0.0473 e. The van der Waals surface area contributed by atoms with Crippen molar-refractivity contribution in [2.75, 3.05) is 20.1 Å². The Morgan fingerprint density at radius 3 is 2.30 bits per heavy atom. The van der Waals surface area contributed by atoms with Crippen LogP contribution in [0.3, 0.4) is 0 Å². The van der Waals surface area contributed by atoms with Crippen LogP contribution in [0.4, 0.5) is 0 Å². The zero-order valence-corrected chi connectivity index (χ0v) is 13.5. The highest BCUT2D eigenvalue weighted by Crippen LogP contribution is 2.31. The number of hydrogen-bond donors (Lipinski definition) is 1. The third-order valence-electron chi connectivity index (χ3n) is 4.71. The van der Waals surface area contributed by atoms with Crippen LogP contribution < -0.4 is 5.32 Å². The van der Waals surface area contributed by atoms with Crippen LogP contribution in [0.1, 0.15) is 50.8 Å². The van der Waals surface area contributed by atoms with E-state index in [1.54, 1.807) is 0 Å². The van der Waals surface area contributed by atoms with E-state index in [9.17, 15) is 0 Å².